The van der Waals surface area contributed by atoms with Crippen LogP contribution in [0, 0.1) is 0 Å². The summed E-state index contributed by atoms with van der Waals surface area (Å²) in [4.78, 5) is 23.5. The fourth-order valence-corrected chi connectivity index (χ4v) is 2.34. The van der Waals surface area contributed by atoms with Crippen LogP contribution in [0.4, 0.5) is 0 Å². The van der Waals surface area contributed by atoms with Crippen molar-refractivity contribution >= 4 is 17.5 Å². The minimum absolute atomic E-state index is 0.0821. The van der Waals surface area contributed by atoms with E-state index in [4.69, 9.17) is 11.6 Å². The van der Waals surface area contributed by atoms with E-state index in [-0.39, 0.29) is 5.91 Å². The summed E-state index contributed by atoms with van der Waals surface area (Å²) in [5.74, 6) is 0.0821. The molecule has 1 N–H and O–H groups in total. The number of hydrogen-bond acceptors (Lipinski definition) is 3. The van der Waals surface area contributed by atoms with Crippen LogP contribution < -0.4 is 0 Å². The minimum Gasteiger partial charge on any atom is -0.347 e. The second-order valence-corrected chi connectivity index (χ2v) is 5.94. The van der Waals surface area contributed by atoms with E-state index in [1.54, 1.807) is 12.5 Å². The highest BCUT2D eigenvalue weighted by molar-refractivity contribution is 6.30. The predicted octanol–water partition coefficient (Wildman–Crippen LogP) is 2.20. The number of likely N-dealkylation sites (N-methyl/N-ethyl adjacent to an activating group) is 1. The molecule has 0 fully saturated rings. The van der Waals surface area contributed by atoms with E-state index in [9.17, 15) is 4.79 Å². The van der Waals surface area contributed by atoms with Crippen LogP contribution in [0.3, 0.4) is 0 Å². The summed E-state index contributed by atoms with van der Waals surface area (Å²) >= 11 is 5.98. The number of nitrogens with one attached hydrogen (secondary N) is 1. The summed E-state index contributed by atoms with van der Waals surface area (Å²) in [6.07, 6.45) is 3.72. The summed E-state index contributed by atoms with van der Waals surface area (Å²) in [6, 6.07) is 7.43. The lowest BCUT2D eigenvalue weighted by Crippen LogP contribution is -2.37. The van der Waals surface area contributed by atoms with Crippen molar-refractivity contribution in [2.24, 2.45) is 0 Å². The molecule has 0 unspecified atom stereocenters. The number of carbonyl (C=O) groups excluding carboxylic acids is 1. The molecule has 0 atom stereocenters. The molecule has 6 heteroatoms. The zero-order chi connectivity index (χ0) is 15.9. The second kappa shape index (κ2) is 7.96. The van der Waals surface area contributed by atoms with Gasteiger partial charge in [-0.2, -0.15) is 0 Å². The van der Waals surface area contributed by atoms with Gasteiger partial charge >= 0.3 is 0 Å². The Morgan fingerprint density at radius 3 is 2.77 bits per heavy atom. The highest BCUT2D eigenvalue weighted by Gasteiger charge is 2.15. The molecule has 0 radical (unpaired) electrons. The molecule has 0 saturated carbocycles. The zero-order valence-corrected chi connectivity index (χ0v) is 13.7. The molecule has 1 aromatic heterocycles. The van der Waals surface area contributed by atoms with E-state index in [0.717, 1.165) is 17.8 Å². The monoisotopic (exact) mass is 320 g/mol. The Kier molecular flexibility index (Phi) is 5.98. The van der Waals surface area contributed by atoms with Gasteiger partial charge in [0.25, 0.3) is 0 Å². The van der Waals surface area contributed by atoms with Gasteiger partial charge in [0.15, 0.2) is 0 Å². The fraction of sp³-hybridized carbons (Fsp3) is 0.375. The Balaban J connectivity index is 2.04. The van der Waals surface area contributed by atoms with Crippen molar-refractivity contribution in [1.29, 1.82) is 0 Å². The molecule has 0 aliphatic rings. The summed E-state index contributed by atoms with van der Waals surface area (Å²) in [5.41, 5.74) is 1.86. The summed E-state index contributed by atoms with van der Waals surface area (Å²) in [7, 11) is 3.99. The number of imidazole rings is 1. The average molecular weight is 321 g/mol. The van der Waals surface area contributed by atoms with E-state index in [1.807, 2.05) is 43.3 Å². The van der Waals surface area contributed by atoms with Crippen molar-refractivity contribution in [2.45, 2.75) is 13.0 Å². The SMILES string of the molecule is CN(C)CCN(Cc1cnc[nH]1)C(=O)Cc1cccc(Cl)c1. The topological polar surface area (TPSA) is 52.2 Å². The van der Waals surface area contributed by atoms with Gasteiger partial charge in [-0.3, -0.25) is 4.79 Å². The Bertz CT molecular complexity index is 598. The molecule has 2 aromatic rings. The maximum atomic E-state index is 12.6. The van der Waals surface area contributed by atoms with Gasteiger partial charge in [-0.25, -0.2) is 4.98 Å². The molecule has 0 aliphatic heterocycles. The van der Waals surface area contributed by atoms with Crippen LogP contribution >= 0.6 is 11.6 Å². The maximum absolute atomic E-state index is 12.6. The van der Waals surface area contributed by atoms with Crippen molar-refractivity contribution < 1.29 is 4.79 Å². The Morgan fingerprint density at radius 1 is 1.32 bits per heavy atom. The molecule has 2 rings (SSSR count). The molecule has 0 spiro atoms. The lowest BCUT2D eigenvalue weighted by atomic mass is 10.1. The zero-order valence-electron chi connectivity index (χ0n) is 12.9. The van der Waals surface area contributed by atoms with Crippen molar-refractivity contribution in [2.75, 3.05) is 27.2 Å². The molecule has 22 heavy (non-hydrogen) atoms. The number of aromatic nitrogens is 2. The summed E-state index contributed by atoms with van der Waals surface area (Å²) in [6.45, 7) is 2.02. The van der Waals surface area contributed by atoms with Gasteiger partial charge in [-0.1, -0.05) is 23.7 Å². The first kappa shape index (κ1) is 16.5. The number of rotatable bonds is 7. The molecule has 118 valence electrons. The second-order valence-electron chi connectivity index (χ2n) is 5.50. The van der Waals surface area contributed by atoms with Crippen LogP contribution in [0.15, 0.2) is 36.8 Å². The Morgan fingerprint density at radius 2 is 2.14 bits per heavy atom. The molecule has 0 aliphatic carbocycles. The highest BCUT2D eigenvalue weighted by atomic mass is 35.5. The summed E-state index contributed by atoms with van der Waals surface area (Å²) < 4.78 is 0. The van der Waals surface area contributed by atoms with Crippen LogP contribution in [-0.2, 0) is 17.8 Å². The van der Waals surface area contributed by atoms with E-state index in [2.05, 4.69) is 14.9 Å². The lowest BCUT2D eigenvalue weighted by Gasteiger charge is -2.24. The van der Waals surface area contributed by atoms with Gasteiger partial charge in [0, 0.05) is 24.3 Å². The number of amides is 1. The van der Waals surface area contributed by atoms with Crippen molar-refractivity contribution in [1.82, 2.24) is 19.8 Å². The van der Waals surface area contributed by atoms with Crippen molar-refractivity contribution in [3.63, 3.8) is 0 Å². The molecule has 5 nitrogen and oxygen atoms in total. The van der Waals surface area contributed by atoms with E-state index in [1.165, 1.54) is 0 Å². The predicted molar refractivity (Wildman–Crippen MR) is 87.7 cm³/mol. The molecular weight excluding hydrogens is 300 g/mol. The lowest BCUT2D eigenvalue weighted by molar-refractivity contribution is -0.131. The van der Waals surface area contributed by atoms with Crippen LogP contribution in [0.25, 0.3) is 0 Å². The quantitative estimate of drug-likeness (QED) is 0.851. The average Bonchev–Trinajstić information content (AvgIpc) is 2.96. The number of benzene rings is 1. The van der Waals surface area contributed by atoms with Gasteiger partial charge in [0.1, 0.15) is 0 Å². The first-order valence-electron chi connectivity index (χ1n) is 7.19. The van der Waals surface area contributed by atoms with Crippen molar-refractivity contribution in [3.05, 3.63) is 53.1 Å². The summed E-state index contributed by atoms with van der Waals surface area (Å²) in [5, 5.41) is 0.652. The number of H-pyrrole nitrogens is 1. The number of aromatic amines is 1. The number of halogens is 1. The van der Waals surface area contributed by atoms with Crippen LogP contribution in [-0.4, -0.2) is 52.9 Å². The maximum Gasteiger partial charge on any atom is 0.227 e. The number of carbonyl (C=O) groups is 1. The van der Waals surface area contributed by atoms with Gasteiger partial charge in [0.05, 0.1) is 25.0 Å². The smallest absolute Gasteiger partial charge is 0.227 e. The third-order valence-corrected chi connectivity index (χ3v) is 3.57. The first-order valence-corrected chi connectivity index (χ1v) is 7.56. The van der Waals surface area contributed by atoms with E-state index in [0.29, 0.717) is 24.5 Å². The fourth-order valence-electron chi connectivity index (χ4n) is 2.12. The number of hydrogen-bond donors (Lipinski definition) is 1. The molecule has 1 heterocycles. The largest absolute Gasteiger partial charge is 0.347 e. The van der Waals surface area contributed by atoms with E-state index < -0.39 is 0 Å². The molecule has 0 bridgehead atoms. The van der Waals surface area contributed by atoms with Gasteiger partial charge in [-0.05, 0) is 31.8 Å². The number of nitrogens with zero attached hydrogens (tertiary/aromatic N) is 3. The van der Waals surface area contributed by atoms with E-state index >= 15 is 0 Å². The van der Waals surface area contributed by atoms with Crippen molar-refractivity contribution in [3.8, 4) is 0 Å². The first-order chi connectivity index (χ1) is 10.5. The van der Waals surface area contributed by atoms with Gasteiger partial charge in [-0.15, -0.1) is 0 Å². The molecule has 0 saturated heterocycles. The normalized spacial score (nSPS) is 10.9. The van der Waals surface area contributed by atoms with Crippen LogP contribution in [0.2, 0.25) is 5.02 Å². The molecule has 1 aromatic carbocycles. The molecular formula is C16H21ClN4O. The minimum atomic E-state index is 0.0821. The standard InChI is InChI=1S/C16H21ClN4O/c1-20(2)6-7-21(11-15-10-18-12-19-15)16(22)9-13-4-3-5-14(17)8-13/h3-5,8,10,12H,6-7,9,11H2,1-2H3,(H,18,19). The third kappa shape index (κ3) is 5.16. The van der Waals surface area contributed by atoms with Crippen LogP contribution in [0.5, 0.6) is 0 Å². The van der Waals surface area contributed by atoms with Gasteiger partial charge in [0.2, 0.25) is 5.91 Å². The third-order valence-electron chi connectivity index (χ3n) is 3.33. The van der Waals surface area contributed by atoms with Crippen LogP contribution in [0.1, 0.15) is 11.3 Å². The Labute approximate surface area is 135 Å². The highest BCUT2D eigenvalue weighted by Crippen LogP contribution is 2.13. The van der Waals surface area contributed by atoms with Gasteiger partial charge < -0.3 is 14.8 Å². The Hall–Kier alpha value is -1.85. The molecule has 1 amide bonds.